The van der Waals surface area contributed by atoms with E-state index < -0.39 is 16.7 Å². The van der Waals surface area contributed by atoms with E-state index in [0.717, 1.165) is 18.2 Å². The number of benzene rings is 2. The van der Waals surface area contributed by atoms with Gasteiger partial charge in [-0.25, -0.2) is 9.18 Å². The second-order valence-corrected chi connectivity index (χ2v) is 3.65. The van der Waals surface area contributed by atoms with Crippen molar-refractivity contribution in [1.82, 2.24) is 0 Å². The molecule has 0 aliphatic rings. The molecule has 2 aromatic carbocycles. The van der Waals surface area contributed by atoms with Gasteiger partial charge >= 0.3 is 5.97 Å². The largest absolute Gasteiger partial charge is 0.423 e. The highest BCUT2D eigenvalue weighted by atomic mass is 19.1. The quantitative estimate of drug-likeness (QED) is 0.368. The summed E-state index contributed by atoms with van der Waals surface area (Å²) >= 11 is 0. The van der Waals surface area contributed by atoms with E-state index in [9.17, 15) is 19.3 Å². The number of nitrogens with zero attached hydrogens (tertiary/aromatic N) is 1. The molecule has 5 nitrogen and oxygen atoms in total. The van der Waals surface area contributed by atoms with Crippen LogP contribution in [0.1, 0.15) is 10.4 Å². The summed E-state index contributed by atoms with van der Waals surface area (Å²) in [4.78, 5) is 21.7. The van der Waals surface area contributed by atoms with E-state index in [1.165, 1.54) is 30.3 Å². The Labute approximate surface area is 107 Å². The first kappa shape index (κ1) is 12.7. The first-order valence-electron chi connectivity index (χ1n) is 5.28. The zero-order chi connectivity index (χ0) is 13.8. The summed E-state index contributed by atoms with van der Waals surface area (Å²) in [5.41, 5.74) is -0.146. The van der Waals surface area contributed by atoms with Crippen LogP contribution >= 0.6 is 0 Å². The number of esters is 1. The Morgan fingerprint density at radius 2 is 1.84 bits per heavy atom. The molecule has 0 bridgehead atoms. The molecule has 0 unspecified atom stereocenters. The molecule has 0 heterocycles. The van der Waals surface area contributed by atoms with Crippen molar-refractivity contribution in [1.29, 1.82) is 0 Å². The van der Waals surface area contributed by atoms with Gasteiger partial charge in [-0.3, -0.25) is 10.1 Å². The minimum atomic E-state index is -0.740. The molecule has 0 fully saturated rings. The molecule has 0 aliphatic carbocycles. The second kappa shape index (κ2) is 5.26. The van der Waals surface area contributed by atoms with Crippen LogP contribution in [0.5, 0.6) is 5.75 Å². The normalized spacial score (nSPS) is 9.95. The summed E-state index contributed by atoms with van der Waals surface area (Å²) in [5.74, 6) is -1.02. The third-order valence-electron chi connectivity index (χ3n) is 2.32. The molecule has 2 aromatic rings. The van der Waals surface area contributed by atoms with Gasteiger partial charge in [0.05, 0.1) is 10.5 Å². The number of hydrogen-bond acceptors (Lipinski definition) is 4. The fraction of sp³-hybridized carbons (Fsp3) is 0. The maximum absolute atomic E-state index is 12.7. The van der Waals surface area contributed by atoms with Gasteiger partial charge in [0.15, 0.2) is 0 Å². The lowest BCUT2D eigenvalue weighted by molar-refractivity contribution is -0.384. The summed E-state index contributed by atoms with van der Waals surface area (Å²) < 4.78 is 17.6. The van der Waals surface area contributed by atoms with Crippen LogP contribution in [-0.2, 0) is 0 Å². The molecule has 0 aliphatic heterocycles. The molecular formula is C13H8FNO4. The van der Waals surface area contributed by atoms with Crippen molar-refractivity contribution >= 4 is 11.7 Å². The molecule has 0 radical (unpaired) electrons. The molecule has 19 heavy (non-hydrogen) atoms. The number of rotatable bonds is 3. The predicted molar refractivity (Wildman–Crippen MR) is 64.5 cm³/mol. The van der Waals surface area contributed by atoms with Crippen LogP contribution in [0.25, 0.3) is 0 Å². The molecule has 6 heteroatoms. The number of halogens is 1. The third-order valence-corrected chi connectivity index (χ3v) is 2.32. The number of ether oxygens (including phenoxy) is 1. The van der Waals surface area contributed by atoms with Gasteiger partial charge in [0.1, 0.15) is 11.6 Å². The van der Waals surface area contributed by atoms with Crippen molar-refractivity contribution < 1.29 is 18.8 Å². The van der Waals surface area contributed by atoms with Gasteiger partial charge < -0.3 is 4.74 Å². The molecule has 96 valence electrons. The number of carbonyl (C=O) groups is 1. The minimum absolute atomic E-state index is 0.0542. The number of nitro benzene ring substituents is 1. The molecular weight excluding hydrogens is 253 g/mol. The number of hydrogen-bond donors (Lipinski definition) is 0. The Hall–Kier alpha value is -2.76. The van der Waals surface area contributed by atoms with Gasteiger partial charge in [-0.1, -0.05) is 6.07 Å². The maximum atomic E-state index is 12.7. The Bertz CT molecular complexity index is 625. The van der Waals surface area contributed by atoms with Crippen LogP contribution in [0.3, 0.4) is 0 Å². The monoisotopic (exact) mass is 261 g/mol. The van der Waals surface area contributed by atoms with E-state index in [-0.39, 0.29) is 17.0 Å². The fourth-order valence-corrected chi connectivity index (χ4v) is 1.42. The van der Waals surface area contributed by atoms with Gasteiger partial charge in [-0.2, -0.15) is 0 Å². The topological polar surface area (TPSA) is 69.4 Å². The van der Waals surface area contributed by atoms with Gasteiger partial charge in [-0.05, 0) is 30.3 Å². The van der Waals surface area contributed by atoms with Gasteiger partial charge in [-0.15, -0.1) is 0 Å². The average molecular weight is 261 g/mol. The Kier molecular flexibility index (Phi) is 3.51. The molecule has 0 N–H and O–H groups in total. The van der Waals surface area contributed by atoms with E-state index in [1.807, 2.05) is 0 Å². The summed E-state index contributed by atoms with van der Waals surface area (Å²) in [6.07, 6.45) is 0. The third kappa shape index (κ3) is 3.12. The Balaban J connectivity index is 2.18. The van der Waals surface area contributed by atoms with Crippen LogP contribution in [0, 0.1) is 15.9 Å². The van der Waals surface area contributed by atoms with Crippen LogP contribution in [0.4, 0.5) is 10.1 Å². The standard InChI is InChI=1S/C13H8FNO4/c14-10-4-6-12(7-5-10)19-13(16)9-2-1-3-11(8-9)15(17)18/h1-8H. The van der Waals surface area contributed by atoms with Gasteiger partial charge in [0.2, 0.25) is 0 Å². The van der Waals surface area contributed by atoms with Gasteiger partial charge in [0, 0.05) is 12.1 Å². The minimum Gasteiger partial charge on any atom is -0.423 e. The van der Waals surface area contributed by atoms with E-state index in [2.05, 4.69) is 0 Å². The molecule has 2 rings (SSSR count). The summed E-state index contributed by atoms with van der Waals surface area (Å²) in [6.45, 7) is 0. The van der Waals surface area contributed by atoms with Crippen LogP contribution in [0.2, 0.25) is 0 Å². The molecule has 0 saturated carbocycles. The molecule has 0 atom stereocenters. The summed E-state index contributed by atoms with van der Waals surface area (Å²) in [5, 5.41) is 10.6. The van der Waals surface area contributed by atoms with Crippen molar-refractivity contribution in [2.24, 2.45) is 0 Å². The number of carbonyl (C=O) groups excluding carboxylic acids is 1. The lowest BCUT2D eigenvalue weighted by Crippen LogP contribution is -2.08. The van der Waals surface area contributed by atoms with E-state index in [1.54, 1.807) is 0 Å². The van der Waals surface area contributed by atoms with E-state index in [4.69, 9.17) is 4.74 Å². The first-order chi connectivity index (χ1) is 9.06. The van der Waals surface area contributed by atoms with Crippen molar-refractivity contribution in [3.63, 3.8) is 0 Å². The highest BCUT2D eigenvalue weighted by Gasteiger charge is 2.13. The maximum Gasteiger partial charge on any atom is 0.343 e. The lowest BCUT2D eigenvalue weighted by Gasteiger charge is -2.03. The fourth-order valence-electron chi connectivity index (χ4n) is 1.42. The summed E-state index contributed by atoms with van der Waals surface area (Å²) in [7, 11) is 0. The second-order valence-electron chi connectivity index (χ2n) is 3.65. The lowest BCUT2D eigenvalue weighted by atomic mass is 10.2. The van der Waals surface area contributed by atoms with Crippen molar-refractivity contribution in [3.8, 4) is 5.75 Å². The highest BCUT2D eigenvalue weighted by molar-refractivity contribution is 5.91. The Morgan fingerprint density at radius 1 is 1.16 bits per heavy atom. The smallest absolute Gasteiger partial charge is 0.343 e. The van der Waals surface area contributed by atoms with Crippen molar-refractivity contribution in [2.75, 3.05) is 0 Å². The van der Waals surface area contributed by atoms with Crippen molar-refractivity contribution in [2.45, 2.75) is 0 Å². The predicted octanol–water partition coefficient (Wildman–Crippen LogP) is 2.95. The summed E-state index contributed by atoms with van der Waals surface area (Å²) in [6, 6.07) is 10.1. The molecule has 0 saturated heterocycles. The zero-order valence-electron chi connectivity index (χ0n) is 9.58. The van der Waals surface area contributed by atoms with Crippen molar-refractivity contribution in [3.05, 3.63) is 70.0 Å². The van der Waals surface area contributed by atoms with Gasteiger partial charge in [0.25, 0.3) is 5.69 Å². The highest BCUT2D eigenvalue weighted by Crippen LogP contribution is 2.17. The first-order valence-corrected chi connectivity index (χ1v) is 5.28. The van der Waals surface area contributed by atoms with E-state index >= 15 is 0 Å². The zero-order valence-corrected chi connectivity index (χ0v) is 9.58. The van der Waals surface area contributed by atoms with Crippen LogP contribution in [-0.4, -0.2) is 10.9 Å². The van der Waals surface area contributed by atoms with Crippen LogP contribution in [0.15, 0.2) is 48.5 Å². The average Bonchev–Trinajstić information content (AvgIpc) is 2.41. The molecule has 0 spiro atoms. The molecule has 0 aromatic heterocycles. The van der Waals surface area contributed by atoms with E-state index in [0.29, 0.717) is 0 Å². The molecule has 0 amide bonds. The number of nitro groups is 1. The van der Waals surface area contributed by atoms with Crippen LogP contribution < -0.4 is 4.74 Å². The Morgan fingerprint density at radius 3 is 2.47 bits per heavy atom. The SMILES string of the molecule is O=C(Oc1ccc(F)cc1)c1cccc([N+](=O)[O-])c1. The number of non-ortho nitro benzene ring substituents is 1.